The van der Waals surface area contributed by atoms with Crippen LogP contribution in [0.25, 0.3) is 0 Å². The molecule has 3 nitrogen and oxygen atoms in total. The maximum atomic E-state index is 5.41. The van der Waals surface area contributed by atoms with Gasteiger partial charge in [0.25, 0.3) is 6.02 Å². The fourth-order valence-electron chi connectivity index (χ4n) is 1.43. The molecule has 0 aromatic heterocycles. The van der Waals surface area contributed by atoms with Gasteiger partial charge in [0.15, 0.2) is 0 Å². The van der Waals surface area contributed by atoms with Crippen LogP contribution >= 0.6 is 0 Å². The van der Waals surface area contributed by atoms with Crippen LogP contribution in [0.4, 0.5) is 0 Å². The molecule has 0 bridgehead atoms. The normalized spacial score (nSPS) is 32.7. The lowest BCUT2D eigenvalue weighted by molar-refractivity contribution is 0.114. The molecule has 0 aromatic carbocycles. The molecule has 1 atom stereocenters. The molecule has 64 valence electrons. The van der Waals surface area contributed by atoms with Crippen molar-refractivity contribution in [1.29, 1.82) is 0 Å². The van der Waals surface area contributed by atoms with E-state index in [1.54, 1.807) is 7.05 Å². The molecular formula is C8H16N2O. The summed E-state index contributed by atoms with van der Waals surface area (Å²) in [6.07, 6.45) is 1.29. The van der Waals surface area contributed by atoms with E-state index in [0.717, 1.165) is 6.42 Å². The average Bonchev–Trinajstić information content (AvgIpc) is 1.83. The number of rotatable bonds is 0. The highest BCUT2D eigenvalue weighted by molar-refractivity contribution is 5.75. The van der Waals surface area contributed by atoms with E-state index in [-0.39, 0.29) is 11.6 Å². The van der Waals surface area contributed by atoms with E-state index in [4.69, 9.17) is 4.74 Å². The lowest BCUT2D eigenvalue weighted by Crippen LogP contribution is -2.52. The van der Waals surface area contributed by atoms with Crippen molar-refractivity contribution in [3.63, 3.8) is 0 Å². The first kappa shape index (κ1) is 8.37. The molecule has 1 rings (SSSR count). The molecule has 0 amide bonds. The second-order valence-electron chi connectivity index (χ2n) is 3.67. The first-order chi connectivity index (χ1) is 5.03. The summed E-state index contributed by atoms with van der Waals surface area (Å²) < 4.78 is 5.41. The number of nitrogens with one attached hydrogen (secondary N) is 1. The molecule has 0 aromatic rings. The zero-order chi connectivity index (χ0) is 8.48. The molecule has 1 heterocycles. The molecule has 1 aliphatic heterocycles. The minimum atomic E-state index is 0.118. The van der Waals surface area contributed by atoms with E-state index in [1.165, 1.54) is 0 Å². The summed E-state index contributed by atoms with van der Waals surface area (Å²) in [5.41, 5.74) is 0.118. The van der Waals surface area contributed by atoms with Crippen molar-refractivity contribution in [1.82, 2.24) is 5.32 Å². The van der Waals surface area contributed by atoms with Crippen molar-refractivity contribution in [2.24, 2.45) is 4.99 Å². The van der Waals surface area contributed by atoms with Crippen LogP contribution in [0, 0.1) is 0 Å². The number of aliphatic imine (C=N–C) groups is 1. The van der Waals surface area contributed by atoms with E-state index >= 15 is 0 Å². The van der Waals surface area contributed by atoms with Crippen LogP contribution in [0.1, 0.15) is 27.2 Å². The minimum absolute atomic E-state index is 0.118. The van der Waals surface area contributed by atoms with Crippen LogP contribution in [0.5, 0.6) is 0 Å². The van der Waals surface area contributed by atoms with E-state index in [1.807, 2.05) is 0 Å². The van der Waals surface area contributed by atoms with Crippen molar-refractivity contribution >= 4 is 6.02 Å². The van der Waals surface area contributed by atoms with Gasteiger partial charge in [-0.15, -0.1) is 0 Å². The fraction of sp³-hybridized carbons (Fsp3) is 0.875. The number of ether oxygens (including phenoxy) is 1. The summed E-state index contributed by atoms with van der Waals surface area (Å²) in [5.74, 6) is 0. The van der Waals surface area contributed by atoms with E-state index in [9.17, 15) is 0 Å². The molecular weight excluding hydrogens is 140 g/mol. The quantitative estimate of drug-likeness (QED) is 0.570. The van der Waals surface area contributed by atoms with Crippen LogP contribution < -0.4 is 5.32 Å². The molecule has 1 aliphatic rings. The monoisotopic (exact) mass is 156 g/mol. The van der Waals surface area contributed by atoms with Crippen molar-refractivity contribution in [3.05, 3.63) is 0 Å². The standard InChI is InChI=1S/C8H16N2O/c1-6-5-8(2,3)10-7(9-4)11-6/h6H,5H2,1-4H3,(H,9,10). The Morgan fingerprint density at radius 3 is 2.73 bits per heavy atom. The Hall–Kier alpha value is -0.730. The Labute approximate surface area is 67.8 Å². The van der Waals surface area contributed by atoms with Gasteiger partial charge in [0, 0.05) is 19.0 Å². The Balaban J connectivity index is 2.66. The number of nitrogens with zero attached hydrogens (tertiary/aromatic N) is 1. The van der Waals surface area contributed by atoms with Gasteiger partial charge in [0.05, 0.1) is 0 Å². The first-order valence-electron chi connectivity index (χ1n) is 3.95. The van der Waals surface area contributed by atoms with Crippen molar-refractivity contribution in [2.75, 3.05) is 7.05 Å². The minimum Gasteiger partial charge on any atom is -0.462 e. The molecule has 1 saturated heterocycles. The van der Waals surface area contributed by atoms with Crippen molar-refractivity contribution in [3.8, 4) is 0 Å². The summed E-state index contributed by atoms with van der Waals surface area (Å²) >= 11 is 0. The molecule has 1 N–H and O–H groups in total. The molecule has 0 radical (unpaired) electrons. The predicted octanol–water partition coefficient (Wildman–Crippen LogP) is 1.15. The Bertz CT molecular complexity index is 175. The Kier molecular flexibility index (Phi) is 2.07. The molecule has 0 spiro atoms. The van der Waals surface area contributed by atoms with Crippen LogP contribution in [0.2, 0.25) is 0 Å². The zero-order valence-corrected chi connectivity index (χ0v) is 7.64. The predicted molar refractivity (Wildman–Crippen MR) is 45.7 cm³/mol. The summed E-state index contributed by atoms with van der Waals surface area (Å²) in [4.78, 5) is 3.98. The third-order valence-electron chi connectivity index (χ3n) is 1.76. The van der Waals surface area contributed by atoms with Gasteiger partial charge in [-0.25, -0.2) is 4.99 Å². The molecule has 3 heteroatoms. The van der Waals surface area contributed by atoms with Crippen LogP contribution in [-0.2, 0) is 4.74 Å². The van der Waals surface area contributed by atoms with Gasteiger partial charge in [-0.05, 0) is 20.8 Å². The van der Waals surface area contributed by atoms with Gasteiger partial charge < -0.3 is 10.1 Å². The van der Waals surface area contributed by atoms with Crippen LogP contribution in [0.3, 0.4) is 0 Å². The maximum absolute atomic E-state index is 5.41. The number of hydrogen-bond donors (Lipinski definition) is 1. The van der Waals surface area contributed by atoms with E-state index < -0.39 is 0 Å². The Morgan fingerprint density at radius 1 is 1.64 bits per heavy atom. The van der Waals surface area contributed by atoms with Gasteiger partial charge >= 0.3 is 0 Å². The number of hydrogen-bond acceptors (Lipinski definition) is 2. The molecule has 0 aliphatic carbocycles. The highest BCUT2D eigenvalue weighted by Crippen LogP contribution is 2.18. The van der Waals surface area contributed by atoms with Crippen LogP contribution in [-0.4, -0.2) is 24.7 Å². The van der Waals surface area contributed by atoms with Crippen molar-refractivity contribution in [2.45, 2.75) is 38.8 Å². The summed E-state index contributed by atoms with van der Waals surface area (Å²) in [7, 11) is 1.73. The third-order valence-corrected chi connectivity index (χ3v) is 1.76. The lowest BCUT2D eigenvalue weighted by atomic mass is 9.96. The second-order valence-corrected chi connectivity index (χ2v) is 3.67. The van der Waals surface area contributed by atoms with Crippen LogP contribution in [0.15, 0.2) is 4.99 Å². The highest BCUT2D eigenvalue weighted by atomic mass is 16.5. The second kappa shape index (κ2) is 2.72. The maximum Gasteiger partial charge on any atom is 0.285 e. The van der Waals surface area contributed by atoms with E-state index in [0.29, 0.717) is 6.02 Å². The SMILES string of the molecule is CN=C1NC(C)(C)CC(C)O1. The topological polar surface area (TPSA) is 33.6 Å². The molecule has 11 heavy (non-hydrogen) atoms. The van der Waals surface area contributed by atoms with E-state index in [2.05, 4.69) is 31.1 Å². The lowest BCUT2D eigenvalue weighted by Gasteiger charge is -2.36. The summed E-state index contributed by atoms with van der Waals surface area (Å²) in [5, 5.41) is 3.20. The van der Waals surface area contributed by atoms with Crippen molar-refractivity contribution < 1.29 is 4.74 Å². The summed E-state index contributed by atoms with van der Waals surface area (Å²) in [6.45, 7) is 6.36. The van der Waals surface area contributed by atoms with Gasteiger partial charge in [0.2, 0.25) is 0 Å². The Morgan fingerprint density at radius 2 is 2.27 bits per heavy atom. The largest absolute Gasteiger partial charge is 0.462 e. The zero-order valence-electron chi connectivity index (χ0n) is 7.64. The highest BCUT2D eigenvalue weighted by Gasteiger charge is 2.29. The fourth-order valence-corrected chi connectivity index (χ4v) is 1.43. The molecule has 1 fully saturated rings. The smallest absolute Gasteiger partial charge is 0.285 e. The van der Waals surface area contributed by atoms with Gasteiger partial charge in [-0.2, -0.15) is 0 Å². The third kappa shape index (κ3) is 2.10. The molecule has 1 unspecified atom stereocenters. The molecule has 0 saturated carbocycles. The number of amidine groups is 1. The average molecular weight is 156 g/mol. The van der Waals surface area contributed by atoms with Gasteiger partial charge in [-0.3, -0.25) is 0 Å². The van der Waals surface area contributed by atoms with Gasteiger partial charge in [-0.1, -0.05) is 0 Å². The first-order valence-corrected chi connectivity index (χ1v) is 3.95. The summed E-state index contributed by atoms with van der Waals surface area (Å²) in [6, 6.07) is 0.661. The van der Waals surface area contributed by atoms with Gasteiger partial charge in [0.1, 0.15) is 6.10 Å².